The zero-order valence-corrected chi connectivity index (χ0v) is 10.5. The molecule has 1 aliphatic carbocycles. The van der Waals surface area contributed by atoms with Gasteiger partial charge in [0.15, 0.2) is 0 Å². The Labute approximate surface area is 109 Å². The van der Waals surface area contributed by atoms with Crippen LogP contribution in [0.25, 0.3) is 0 Å². The van der Waals surface area contributed by atoms with E-state index in [2.05, 4.69) is 10.3 Å². The summed E-state index contributed by atoms with van der Waals surface area (Å²) in [5.74, 6) is -2.13. The predicted molar refractivity (Wildman–Crippen MR) is 65.0 cm³/mol. The molecule has 1 amide bonds. The highest BCUT2D eigenvalue weighted by Gasteiger charge is 2.45. The Bertz CT molecular complexity index is 520. The molecule has 2 N–H and O–H groups in total. The average Bonchev–Trinajstić information content (AvgIpc) is 2.72. The first-order valence-corrected chi connectivity index (χ1v) is 6.09. The summed E-state index contributed by atoms with van der Waals surface area (Å²) in [5.41, 5.74) is -0.812. The Morgan fingerprint density at radius 1 is 1.58 bits per heavy atom. The van der Waals surface area contributed by atoms with Crippen LogP contribution in [0.5, 0.6) is 0 Å². The Morgan fingerprint density at radius 2 is 2.32 bits per heavy atom. The third-order valence-electron chi connectivity index (χ3n) is 3.74. The molecule has 0 bridgehead atoms. The van der Waals surface area contributed by atoms with Crippen LogP contribution in [-0.2, 0) is 4.79 Å². The number of rotatable bonds is 3. The van der Waals surface area contributed by atoms with Gasteiger partial charge in [0.2, 0.25) is 5.95 Å². The lowest BCUT2D eigenvalue weighted by Crippen LogP contribution is -2.47. The van der Waals surface area contributed by atoms with Crippen molar-refractivity contribution in [1.82, 2.24) is 10.3 Å². The maximum absolute atomic E-state index is 12.9. The van der Waals surface area contributed by atoms with E-state index in [1.807, 2.05) is 0 Å². The van der Waals surface area contributed by atoms with Gasteiger partial charge in [0, 0.05) is 23.9 Å². The molecule has 2 atom stereocenters. The predicted octanol–water partition coefficient (Wildman–Crippen LogP) is 1.59. The molecule has 1 aromatic rings. The minimum absolute atomic E-state index is 0.145. The van der Waals surface area contributed by atoms with Crippen LogP contribution in [0.1, 0.15) is 36.5 Å². The van der Waals surface area contributed by atoms with Gasteiger partial charge in [0.1, 0.15) is 0 Å². The first-order valence-electron chi connectivity index (χ1n) is 6.09. The largest absolute Gasteiger partial charge is 0.481 e. The molecule has 0 aliphatic heterocycles. The molecule has 1 saturated carbocycles. The monoisotopic (exact) mass is 266 g/mol. The summed E-state index contributed by atoms with van der Waals surface area (Å²) in [6.07, 6.45) is 3.09. The highest BCUT2D eigenvalue weighted by molar-refractivity contribution is 5.94. The van der Waals surface area contributed by atoms with Gasteiger partial charge in [-0.3, -0.25) is 9.59 Å². The van der Waals surface area contributed by atoms with Gasteiger partial charge in [-0.1, -0.05) is 6.42 Å². The number of nitrogens with zero attached hydrogens (tertiary/aromatic N) is 1. The van der Waals surface area contributed by atoms with Crippen LogP contribution in [0, 0.1) is 11.4 Å². The van der Waals surface area contributed by atoms with Crippen molar-refractivity contribution in [2.45, 2.75) is 32.2 Å². The summed E-state index contributed by atoms with van der Waals surface area (Å²) in [6, 6.07) is 1.99. The molecule has 5 nitrogen and oxygen atoms in total. The molecule has 0 spiro atoms. The van der Waals surface area contributed by atoms with E-state index in [1.165, 1.54) is 12.3 Å². The summed E-state index contributed by atoms with van der Waals surface area (Å²) in [4.78, 5) is 26.6. The number of carbonyl (C=O) groups is 2. The summed E-state index contributed by atoms with van der Waals surface area (Å²) < 4.78 is 12.9. The normalized spacial score (nSPS) is 26.1. The van der Waals surface area contributed by atoms with Crippen molar-refractivity contribution in [3.05, 3.63) is 29.8 Å². The lowest BCUT2D eigenvalue weighted by Gasteiger charge is -2.27. The van der Waals surface area contributed by atoms with Crippen LogP contribution >= 0.6 is 0 Å². The van der Waals surface area contributed by atoms with E-state index < -0.39 is 29.3 Å². The van der Waals surface area contributed by atoms with E-state index in [0.29, 0.717) is 12.8 Å². The van der Waals surface area contributed by atoms with Crippen molar-refractivity contribution in [3.8, 4) is 0 Å². The van der Waals surface area contributed by atoms with Crippen molar-refractivity contribution < 1.29 is 19.1 Å². The van der Waals surface area contributed by atoms with Gasteiger partial charge in [0.25, 0.3) is 5.91 Å². The van der Waals surface area contributed by atoms with Crippen molar-refractivity contribution in [1.29, 1.82) is 0 Å². The number of aliphatic carboxylic acids is 1. The Hall–Kier alpha value is -1.98. The summed E-state index contributed by atoms with van der Waals surface area (Å²) in [7, 11) is 0. The number of aromatic nitrogens is 1. The molecule has 1 heterocycles. The van der Waals surface area contributed by atoms with E-state index in [4.69, 9.17) is 0 Å². The van der Waals surface area contributed by atoms with E-state index in [1.54, 1.807) is 6.92 Å². The topological polar surface area (TPSA) is 79.3 Å². The fourth-order valence-electron chi connectivity index (χ4n) is 2.44. The minimum Gasteiger partial charge on any atom is -0.481 e. The van der Waals surface area contributed by atoms with Gasteiger partial charge in [-0.05, 0) is 25.8 Å². The van der Waals surface area contributed by atoms with E-state index in [-0.39, 0.29) is 5.56 Å². The van der Waals surface area contributed by atoms with E-state index >= 15 is 0 Å². The highest BCUT2D eigenvalue weighted by atomic mass is 19.1. The molecular weight excluding hydrogens is 251 g/mol. The standard InChI is InChI=1S/C13H15FN2O3/c1-13(12(18)19)5-2-3-9(13)16-11(17)8-4-6-15-10(14)7-8/h4,6-7,9H,2-3,5H2,1H3,(H,16,17)(H,18,19). The van der Waals surface area contributed by atoms with Crippen molar-refractivity contribution in [2.75, 3.05) is 0 Å². The number of carbonyl (C=O) groups excluding carboxylic acids is 1. The number of carboxylic acid groups (broad SMARTS) is 1. The van der Waals surface area contributed by atoms with Crippen LogP contribution in [-0.4, -0.2) is 28.0 Å². The van der Waals surface area contributed by atoms with Crippen LogP contribution in [0.3, 0.4) is 0 Å². The van der Waals surface area contributed by atoms with E-state index in [9.17, 15) is 19.1 Å². The first kappa shape index (κ1) is 13.5. The smallest absolute Gasteiger partial charge is 0.311 e. The van der Waals surface area contributed by atoms with Gasteiger partial charge in [-0.15, -0.1) is 0 Å². The second kappa shape index (κ2) is 4.95. The number of pyridine rings is 1. The van der Waals surface area contributed by atoms with Crippen LogP contribution in [0.2, 0.25) is 0 Å². The lowest BCUT2D eigenvalue weighted by molar-refractivity contribution is -0.148. The van der Waals surface area contributed by atoms with Crippen molar-refractivity contribution >= 4 is 11.9 Å². The summed E-state index contributed by atoms with van der Waals surface area (Å²) in [6.45, 7) is 1.63. The quantitative estimate of drug-likeness (QED) is 0.814. The molecule has 19 heavy (non-hydrogen) atoms. The third kappa shape index (κ3) is 2.57. The zero-order chi connectivity index (χ0) is 14.0. The van der Waals surface area contributed by atoms with Crippen molar-refractivity contribution in [2.24, 2.45) is 5.41 Å². The molecule has 2 unspecified atom stereocenters. The summed E-state index contributed by atoms with van der Waals surface area (Å²) in [5, 5.41) is 11.9. The number of hydrogen-bond donors (Lipinski definition) is 2. The number of hydrogen-bond acceptors (Lipinski definition) is 3. The molecule has 2 rings (SSSR count). The molecule has 6 heteroatoms. The van der Waals surface area contributed by atoms with Crippen LogP contribution in [0.15, 0.2) is 18.3 Å². The molecule has 1 aromatic heterocycles. The van der Waals surface area contributed by atoms with Gasteiger partial charge < -0.3 is 10.4 Å². The number of carboxylic acids is 1. The van der Waals surface area contributed by atoms with Gasteiger partial charge in [-0.2, -0.15) is 4.39 Å². The van der Waals surface area contributed by atoms with Crippen LogP contribution < -0.4 is 5.32 Å². The zero-order valence-electron chi connectivity index (χ0n) is 10.5. The van der Waals surface area contributed by atoms with Gasteiger partial charge in [-0.25, -0.2) is 4.98 Å². The van der Waals surface area contributed by atoms with Crippen molar-refractivity contribution in [3.63, 3.8) is 0 Å². The van der Waals surface area contributed by atoms with Gasteiger partial charge >= 0.3 is 5.97 Å². The molecule has 0 radical (unpaired) electrons. The van der Waals surface area contributed by atoms with E-state index in [0.717, 1.165) is 12.5 Å². The Kier molecular flexibility index (Phi) is 3.50. The first-order chi connectivity index (χ1) is 8.93. The highest BCUT2D eigenvalue weighted by Crippen LogP contribution is 2.38. The van der Waals surface area contributed by atoms with Crippen LogP contribution in [0.4, 0.5) is 4.39 Å². The fourth-order valence-corrected chi connectivity index (χ4v) is 2.44. The molecule has 0 aromatic carbocycles. The Morgan fingerprint density at radius 3 is 2.95 bits per heavy atom. The fraction of sp³-hybridized carbons (Fsp3) is 0.462. The summed E-state index contributed by atoms with van der Waals surface area (Å²) >= 11 is 0. The molecule has 1 aliphatic rings. The Balaban J connectivity index is 2.13. The second-order valence-electron chi connectivity index (χ2n) is 5.01. The number of halogens is 1. The molecule has 102 valence electrons. The molecule has 0 saturated heterocycles. The average molecular weight is 266 g/mol. The lowest BCUT2D eigenvalue weighted by atomic mass is 9.85. The maximum Gasteiger partial charge on any atom is 0.311 e. The number of amides is 1. The second-order valence-corrected chi connectivity index (χ2v) is 5.01. The third-order valence-corrected chi connectivity index (χ3v) is 3.74. The maximum atomic E-state index is 12.9. The molecular formula is C13H15FN2O3. The minimum atomic E-state index is -0.957. The SMILES string of the molecule is CC1(C(=O)O)CCCC1NC(=O)c1ccnc(F)c1. The van der Waals surface area contributed by atoms with Gasteiger partial charge in [0.05, 0.1) is 5.41 Å². The molecule has 1 fully saturated rings. The number of nitrogens with one attached hydrogen (secondary N) is 1.